The van der Waals surface area contributed by atoms with E-state index < -0.39 is 0 Å². The molecule has 0 bridgehead atoms. The van der Waals surface area contributed by atoms with E-state index in [0.717, 1.165) is 155 Å². The monoisotopic (exact) mass is 1260 g/mol. The summed E-state index contributed by atoms with van der Waals surface area (Å²) in [7, 11) is 0. The maximum Gasteiger partial charge on any atom is 0.0702 e. The van der Waals surface area contributed by atoms with E-state index in [1.54, 1.807) is 0 Å². The second-order valence-electron chi connectivity index (χ2n) is 26.7. The van der Waals surface area contributed by atoms with Crippen LogP contribution in [0.2, 0.25) is 10.0 Å². The van der Waals surface area contributed by atoms with Crippen LogP contribution in [-0.4, -0.2) is 15.0 Å². The highest BCUT2D eigenvalue weighted by Crippen LogP contribution is 2.62. The van der Waals surface area contributed by atoms with Gasteiger partial charge in [-0.1, -0.05) is 277 Å². The highest BCUT2D eigenvalue weighted by atomic mass is 35.5. The van der Waals surface area contributed by atoms with Crippen LogP contribution in [0.4, 0.5) is 0 Å². The van der Waals surface area contributed by atoms with Crippen molar-refractivity contribution in [2.75, 3.05) is 0 Å². The normalized spacial score (nSPS) is 13.5. The molecule has 1 aliphatic rings. The van der Waals surface area contributed by atoms with Gasteiger partial charge in [-0.3, -0.25) is 15.0 Å². The van der Waals surface area contributed by atoms with Crippen LogP contribution in [0.5, 0.6) is 0 Å². The molecule has 3 heterocycles. The third-order valence-corrected chi connectivity index (χ3v) is 21.2. The molecule has 0 N–H and O–H groups in total. The maximum absolute atomic E-state index is 6.35. The maximum atomic E-state index is 6.35. The summed E-state index contributed by atoms with van der Waals surface area (Å²) in [6.45, 7) is 14.4. The van der Waals surface area contributed by atoms with Crippen molar-refractivity contribution in [2.45, 2.75) is 52.4 Å². The second kappa shape index (κ2) is 24.7. The minimum atomic E-state index is -0.0104. The van der Waals surface area contributed by atoms with Crippen molar-refractivity contribution in [3.05, 3.63) is 331 Å². The average Bonchev–Trinajstić information content (AvgIpc) is 1.54. The van der Waals surface area contributed by atoms with E-state index in [4.69, 9.17) is 38.2 Å². The molecule has 0 spiro atoms. The summed E-state index contributed by atoms with van der Waals surface area (Å²) in [6.07, 6.45) is 6.09. The first-order chi connectivity index (χ1) is 46.1. The van der Waals surface area contributed by atoms with E-state index in [-0.39, 0.29) is 16.2 Å². The fraction of sp³-hybridized carbons (Fsp3) is 0.100. The van der Waals surface area contributed by atoms with Gasteiger partial charge in [-0.2, -0.15) is 0 Å². The van der Waals surface area contributed by atoms with Crippen molar-refractivity contribution in [3.63, 3.8) is 0 Å². The van der Waals surface area contributed by atoms with Crippen LogP contribution < -0.4 is 0 Å². The summed E-state index contributed by atoms with van der Waals surface area (Å²) >= 11 is 12.7. The van der Waals surface area contributed by atoms with Crippen molar-refractivity contribution >= 4 is 23.2 Å². The zero-order valence-electron chi connectivity index (χ0n) is 54.0. The Morgan fingerprint density at radius 2 is 0.474 bits per heavy atom. The molecule has 0 aliphatic heterocycles. The first-order valence-corrected chi connectivity index (χ1v) is 33.3. The third-order valence-electron chi connectivity index (χ3n) is 20.7. The van der Waals surface area contributed by atoms with E-state index in [2.05, 4.69) is 303 Å². The molecular formula is C90H69Cl2N3. The van der Waals surface area contributed by atoms with Gasteiger partial charge in [0.05, 0.1) is 17.1 Å². The fourth-order valence-corrected chi connectivity index (χ4v) is 14.6. The molecule has 0 radical (unpaired) electrons. The Bertz CT molecular complexity index is 4960. The van der Waals surface area contributed by atoms with Crippen LogP contribution >= 0.6 is 23.2 Å². The zero-order chi connectivity index (χ0) is 65.0. The highest BCUT2D eigenvalue weighted by molar-refractivity contribution is 6.31. The van der Waals surface area contributed by atoms with Crippen molar-refractivity contribution in [1.29, 1.82) is 0 Å². The Morgan fingerprint density at radius 3 is 0.800 bits per heavy atom. The molecule has 0 fully saturated rings. The van der Waals surface area contributed by atoms with Crippen molar-refractivity contribution in [2.24, 2.45) is 5.41 Å². The minimum absolute atomic E-state index is 0.0104. The van der Waals surface area contributed by atoms with Gasteiger partial charge in [-0.15, -0.1) is 0 Å². The predicted octanol–water partition coefficient (Wildman–Crippen LogP) is 25.4. The highest BCUT2D eigenvalue weighted by Gasteiger charge is 2.56. The molecule has 11 aromatic carbocycles. The SMILES string of the molecule is CC1(C)c2ccc(-c3ccc(-c4ccccc4-c4cc(-c5ccccc5-c5ccc(-c6cccc(-c7ccc(-c8cccc(Cl)c8)cc7)c6)nc5)cc(-c5ccccc5-c5ccc(-c6cccc(-c7ccc(-c8cccc(Cl)c8)cc7)c6)nc5)c4)cn3)cc2C(C)(C)C1(C)C. The summed E-state index contributed by atoms with van der Waals surface area (Å²) in [5.41, 5.74) is 30.8. The van der Waals surface area contributed by atoms with Crippen molar-refractivity contribution < 1.29 is 0 Å². The smallest absolute Gasteiger partial charge is 0.0702 e. The second-order valence-corrected chi connectivity index (χ2v) is 27.6. The van der Waals surface area contributed by atoms with Gasteiger partial charge in [0.1, 0.15) is 0 Å². The van der Waals surface area contributed by atoms with Crippen LogP contribution in [0.1, 0.15) is 52.7 Å². The quantitative estimate of drug-likeness (QED) is 0.115. The molecule has 0 atom stereocenters. The first-order valence-electron chi connectivity index (χ1n) is 32.6. The Labute approximate surface area is 568 Å². The van der Waals surface area contributed by atoms with Crippen LogP contribution in [0.3, 0.4) is 0 Å². The van der Waals surface area contributed by atoms with E-state index in [0.29, 0.717) is 0 Å². The van der Waals surface area contributed by atoms with Crippen LogP contribution in [0, 0.1) is 5.41 Å². The molecule has 0 amide bonds. The van der Waals surface area contributed by atoms with Crippen LogP contribution in [-0.2, 0) is 10.8 Å². The molecule has 3 nitrogen and oxygen atoms in total. The van der Waals surface area contributed by atoms with Crippen LogP contribution in [0.15, 0.2) is 310 Å². The zero-order valence-corrected chi connectivity index (χ0v) is 55.6. The summed E-state index contributed by atoms with van der Waals surface area (Å²) in [5.74, 6) is 0. The van der Waals surface area contributed by atoms with Crippen LogP contribution in [0.25, 0.3) is 145 Å². The summed E-state index contributed by atoms with van der Waals surface area (Å²) in [6, 6.07) is 104. The number of hydrogen-bond donors (Lipinski definition) is 0. The number of halogens is 2. The van der Waals surface area contributed by atoms with Gasteiger partial charge in [0.2, 0.25) is 0 Å². The van der Waals surface area contributed by atoms with Gasteiger partial charge in [0.25, 0.3) is 0 Å². The lowest BCUT2D eigenvalue weighted by atomic mass is 9.59. The predicted molar refractivity (Wildman–Crippen MR) is 400 cm³/mol. The van der Waals surface area contributed by atoms with Gasteiger partial charge in [0, 0.05) is 62.0 Å². The summed E-state index contributed by atoms with van der Waals surface area (Å²) < 4.78 is 0. The first kappa shape index (κ1) is 60.7. The van der Waals surface area contributed by atoms with E-state index in [9.17, 15) is 0 Å². The van der Waals surface area contributed by atoms with Gasteiger partial charge in [-0.25, -0.2) is 0 Å². The Balaban J connectivity index is 0.784. The van der Waals surface area contributed by atoms with Gasteiger partial charge < -0.3 is 0 Å². The lowest BCUT2D eigenvalue weighted by Gasteiger charge is -2.44. The largest absolute Gasteiger partial charge is 0.256 e. The fourth-order valence-electron chi connectivity index (χ4n) is 14.2. The van der Waals surface area contributed by atoms with E-state index in [1.165, 1.54) is 11.1 Å². The molecule has 14 aromatic rings. The summed E-state index contributed by atoms with van der Waals surface area (Å²) in [5, 5.41) is 1.45. The topological polar surface area (TPSA) is 38.7 Å². The lowest BCUT2D eigenvalue weighted by molar-refractivity contribution is 0.125. The molecule has 0 saturated carbocycles. The van der Waals surface area contributed by atoms with Gasteiger partial charge in [-0.05, 0) is 201 Å². The molecule has 458 valence electrons. The number of fused-ring (bicyclic) bond motifs is 1. The van der Waals surface area contributed by atoms with Crippen molar-refractivity contribution in [1.82, 2.24) is 15.0 Å². The number of hydrogen-bond acceptors (Lipinski definition) is 3. The molecule has 3 aromatic heterocycles. The Morgan fingerprint density at radius 1 is 0.211 bits per heavy atom. The minimum Gasteiger partial charge on any atom is -0.256 e. The van der Waals surface area contributed by atoms with Crippen molar-refractivity contribution in [3.8, 4) is 145 Å². The Kier molecular flexibility index (Phi) is 15.8. The van der Waals surface area contributed by atoms with E-state index >= 15 is 0 Å². The number of nitrogens with zero attached hydrogens (tertiary/aromatic N) is 3. The molecule has 5 heteroatoms. The van der Waals surface area contributed by atoms with E-state index in [1.807, 2.05) is 48.8 Å². The molecule has 0 unspecified atom stereocenters. The number of benzene rings is 11. The third kappa shape index (κ3) is 11.5. The van der Waals surface area contributed by atoms with Gasteiger partial charge >= 0.3 is 0 Å². The standard InChI is InChI=1S/C90H69Cl2N3/c1-88(2)83-43-39-68(54-84(83)89(3,4)90(88,5)6)87-46-42-71(57-95-87)79-27-9-12-30-82(79)74-50-72(80-28-10-7-25-77(80)69-40-44-85(93-55-69)66-21-13-17-62(47-66)58-31-35-60(36-32-58)64-19-15-23-75(91)52-64)49-73(51-74)81-29-11-8-26-78(81)70-41-45-86(94-56-70)67-22-14-18-63(48-67)59-33-37-61(38-34-59)65-20-16-24-76(92)53-65/h7-57H,1-6H3. The molecule has 1 aliphatic carbocycles. The Hall–Kier alpha value is -10.6. The number of pyridine rings is 3. The number of aromatic nitrogens is 3. The summed E-state index contributed by atoms with van der Waals surface area (Å²) in [4.78, 5) is 15.6. The average molecular weight is 1260 g/mol. The molecule has 0 saturated heterocycles. The molecular weight excluding hydrogens is 1190 g/mol. The number of rotatable bonds is 13. The molecule has 95 heavy (non-hydrogen) atoms. The molecule has 15 rings (SSSR count). The van der Waals surface area contributed by atoms with Gasteiger partial charge in [0.15, 0.2) is 0 Å². The lowest BCUT2D eigenvalue weighted by Crippen LogP contribution is -2.42.